The van der Waals surface area contributed by atoms with Crippen LogP contribution in [0.1, 0.15) is 24.5 Å². The minimum Gasteiger partial charge on any atom is -0.339 e. The number of aryl methyl sites for hydroxylation is 2. The van der Waals surface area contributed by atoms with Crippen molar-refractivity contribution in [1.29, 1.82) is 0 Å². The van der Waals surface area contributed by atoms with Gasteiger partial charge in [0.05, 0.1) is 12.9 Å². The van der Waals surface area contributed by atoms with Crippen LogP contribution in [0.25, 0.3) is 11.2 Å². The third-order valence-electron chi connectivity index (χ3n) is 3.70. The fourth-order valence-electron chi connectivity index (χ4n) is 2.55. The van der Waals surface area contributed by atoms with Crippen LogP contribution < -0.4 is 11.2 Å². The van der Waals surface area contributed by atoms with Gasteiger partial charge in [-0.2, -0.15) is 0 Å². The summed E-state index contributed by atoms with van der Waals surface area (Å²) in [4.78, 5) is 32.1. The number of benzene rings is 1. The second kappa shape index (κ2) is 5.63. The first-order valence-corrected chi connectivity index (χ1v) is 7.34. The largest absolute Gasteiger partial charge is 0.339 e. The molecule has 0 aliphatic carbocycles. The van der Waals surface area contributed by atoms with Crippen LogP contribution in [-0.4, -0.2) is 19.1 Å². The van der Waals surface area contributed by atoms with E-state index in [1.54, 1.807) is 4.57 Å². The highest BCUT2D eigenvalue weighted by Gasteiger charge is 2.14. The number of nitrogens with one attached hydrogen (secondary N) is 1. The van der Waals surface area contributed by atoms with E-state index >= 15 is 0 Å². The van der Waals surface area contributed by atoms with Gasteiger partial charge in [-0.1, -0.05) is 36.8 Å². The molecule has 0 atom stereocenters. The van der Waals surface area contributed by atoms with Gasteiger partial charge in [-0.15, -0.1) is 0 Å². The molecule has 6 heteroatoms. The lowest BCUT2D eigenvalue weighted by atomic mass is 10.1. The molecule has 22 heavy (non-hydrogen) atoms. The van der Waals surface area contributed by atoms with Crippen molar-refractivity contribution in [2.24, 2.45) is 0 Å². The zero-order valence-electron chi connectivity index (χ0n) is 12.7. The van der Waals surface area contributed by atoms with Crippen molar-refractivity contribution in [3.63, 3.8) is 0 Å². The highest BCUT2D eigenvalue weighted by molar-refractivity contribution is 5.68. The van der Waals surface area contributed by atoms with Crippen molar-refractivity contribution < 1.29 is 0 Å². The number of fused-ring (bicyclic) bond motifs is 1. The molecule has 1 aromatic carbocycles. The van der Waals surface area contributed by atoms with E-state index in [-0.39, 0.29) is 17.8 Å². The SMILES string of the molecule is CCCn1c(=O)n(Cc2ccc(C)cc2)c(=O)c2[nH]cnc21. The number of H-pyrrole nitrogens is 1. The standard InChI is InChI=1S/C16H18N4O2/c1-3-8-19-14-13(17-10-18-14)15(21)20(16(19)22)9-12-6-4-11(2)5-7-12/h4-7,10H,3,8-9H2,1-2H3,(H,17,18). The first kappa shape index (κ1) is 14.3. The maximum atomic E-state index is 12.6. The molecule has 0 aliphatic rings. The van der Waals surface area contributed by atoms with Crippen LogP contribution in [0.5, 0.6) is 0 Å². The number of aromatic nitrogens is 4. The summed E-state index contributed by atoms with van der Waals surface area (Å²) in [6.45, 7) is 4.78. The predicted molar refractivity (Wildman–Crippen MR) is 85.2 cm³/mol. The summed E-state index contributed by atoms with van der Waals surface area (Å²) >= 11 is 0. The van der Waals surface area contributed by atoms with E-state index in [9.17, 15) is 9.59 Å². The number of hydrogen-bond donors (Lipinski definition) is 1. The van der Waals surface area contributed by atoms with E-state index in [1.165, 1.54) is 10.9 Å². The summed E-state index contributed by atoms with van der Waals surface area (Å²) in [5, 5.41) is 0. The van der Waals surface area contributed by atoms with Gasteiger partial charge in [-0.25, -0.2) is 9.78 Å². The number of aromatic amines is 1. The molecule has 0 saturated heterocycles. The smallest absolute Gasteiger partial charge is 0.333 e. The molecule has 0 spiro atoms. The Kier molecular flexibility index (Phi) is 3.66. The van der Waals surface area contributed by atoms with E-state index in [1.807, 2.05) is 38.1 Å². The summed E-state index contributed by atoms with van der Waals surface area (Å²) in [5.74, 6) is 0. The molecule has 6 nitrogen and oxygen atoms in total. The lowest BCUT2D eigenvalue weighted by Gasteiger charge is -2.10. The third-order valence-corrected chi connectivity index (χ3v) is 3.70. The summed E-state index contributed by atoms with van der Waals surface area (Å²) in [6.07, 6.45) is 2.25. The van der Waals surface area contributed by atoms with Gasteiger partial charge in [0.2, 0.25) is 0 Å². The molecule has 0 aliphatic heterocycles. The zero-order valence-corrected chi connectivity index (χ0v) is 12.7. The second-order valence-electron chi connectivity index (χ2n) is 5.41. The summed E-state index contributed by atoms with van der Waals surface area (Å²) in [7, 11) is 0. The average molecular weight is 298 g/mol. The predicted octanol–water partition coefficient (Wildman–Crippen LogP) is 1.65. The van der Waals surface area contributed by atoms with Gasteiger partial charge in [0, 0.05) is 6.54 Å². The third kappa shape index (κ3) is 2.36. The minimum absolute atomic E-state index is 0.261. The van der Waals surface area contributed by atoms with E-state index in [4.69, 9.17) is 0 Å². The Labute approximate surface area is 127 Å². The molecule has 0 fully saturated rings. The van der Waals surface area contributed by atoms with Gasteiger partial charge < -0.3 is 4.98 Å². The van der Waals surface area contributed by atoms with Crippen molar-refractivity contribution in [1.82, 2.24) is 19.1 Å². The number of hydrogen-bond acceptors (Lipinski definition) is 3. The van der Waals surface area contributed by atoms with Crippen LogP contribution >= 0.6 is 0 Å². The summed E-state index contributed by atoms with van der Waals surface area (Å²) in [5.41, 5.74) is 2.23. The van der Waals surface area contributed by atoms with Crippen molar-refractivity contribution in [2.45, 2.75) is 33.4 Å². The van der Waals surface area contributed by atoms with E-state index in [0.29, 0.717) is 17.7 Å². The van der Waals surface area contributed by atoms with Crippen molar-refractivity contribution in [3.8, 4) is 0 Å². The van der Waals surface area contributed by atoms with Gasteiger partial charge in [-0.3, -0.25) is 13.9 Å². The summed E-state index contributed by atoms with van der Waals surface area (Å²) in [6, 6.07) is 7.81. The fraction of sp³-hybridized carbons (Fsp3) is 0.312. The topological polar surface area (TPSA) is 72.7 Å². The Balaban J connectivity index is 2.18. The van der Waals surface area contributed by atoms with Gasteiger partial charge in [0.15, 0.2) is 5.65 Å². The first-order valence-electron chi connectivity index (χ1n) is 7.34. The molecule has 3 rings (SSSR count). The highest BCUT2D eigenvalue weighted by Crippen LogP contribution is 2.06. The molecule has 0 amide bonds. The van der Waals surface area contributed by atoms with Crippen molar-refractivity contribution in [2.75, 3.05) is 0 Å². The van der Waals surface area contributed by atoms with E-state index < -0.39 is 0 Å². The average Bonchev–Trinajstić information content (AvgIpc) is 2.99. The molecule has 1 N–H and O–H groups in total. The zero-order chi connectivity index (χ0) is 15.7. The van der Waals surface area contributed by atoms with Crippen LogP contribution in [-0.2, 0) is 13.1 Å². The van der Waals surface area contributed by atoms with Crippen LogP contribution in [0.15, 0.2) is 40.2 Å². The molecule has 2 aromatic heterocycles. The number of rotatable bonds is 4. The molecule has 0 radical (unpaired) electrons. The highest BCUT2D eigenvalue weighted by atomic mass is 16.2. The normalized spacial score (nSPS) is 11.2. The second-order valence-corrected chi connectivity index (χ2v) is 5.41. The van der Waals surface area contributed by atoms with Gasteiger partial charge in [0.1, 0.15) is 5.52 Å². The Morgan fingerprint density at radius 1 is 1.14 bits per heavy atom. The molecule has 0 unspecified atom stereocenters. The minimum atomic E-state index is -0.328. The van der Waals surface area contributed by atoms with Crippen LogP contribution in [0.2, 0.25) is 0 Å². The maximum Gasteiger partial charge on any atom is 0.333 e. The number of imidazole rings is 1. The van der Waals surface area contributed by atoms with E-state index in [2.05, 4.69) is 9.97 Å². The van der Waals surface area contributed by atoms with Crippen LogP contribution in [0, 0.1) is 6.92 Å². The van der Waals surface area contributed by atoms with Crippen LogP contribution in [0.3, 0.4) is 0 Å². The Bertz CT molecular complexity index is 916. The Morgan fingerprint density at radius 2 is 1.86 bits per heavy atom. The quantitative estimate of drug-likeness (QED) is 0.796. The summed E-state index contributed by atoms with van der Waals surface area (Å²) < 4.78 is 2.82. The molecule has 2 heterocycles. The fourth-order valence-corrected chi connectivity index (χ4v) is 2.55. The van der Waals surface area contributed by atoms with Crippen LogP contribution in [0.4, 0.5) is 0 Å². The lowest BCUT2D eigenvalue weighted by molar-refractivity contribution is 0.589. The lowest BCUT2D eigenvalue weighted by Crippen LogP contribution is -2.40. The molecule has 114 valence electrons. The van der Waals surface area contributed by atoms with Crippen molar-refractivity contribution in [3.05, 3.63) is 62.6 Å². The molecule has 0 bridgehead atoms. The Morgan fingerprint density at radius 3 is 2.55 bits per heavy atom. The van der Waals surface area contributed by atoms with Crippen molar-refractivity contribution >= 4 is 11.2 Å². The van der Waals surface area contributed by atoms with E-state index in [0.717, 1.165) is 17.5 Å². The monoisotopic (exact) mass is 298 g/mol. The first-order chi connectivity index (χ1) is 10.6. The Hall–Kier alpha value is -2.63. The molecule has 3 aromatic rings. The van der Waals surface area contributed by atoms with Gasteiger partial charge >= 0.3 is 5.69 Å². The maximum absolute atomic E-state index is 12.6. The van der Waals surface area contributed by atoms with Gasteiger partial charge in [-0.05, 0) is 18.9 Å². The number of nitrogens with zero attached hydrogens (tertiary/aromatic N) is 3. The molecular formula is C16H18N4O2. The van der Waals surface area contributed by atoms with Gasteiger partial charge in [0.25, 0.3) is 5.56 Å². The molecular weight excluding hydrogens is 280 g/mol. The molecule has 0 saturated carbocycles.